The minimum absolute atomic E-state index is 0.0738. The molecule has 7 heteroatoms. The van der Waals surface area contributed by atoms with Crippen molar-refractivity contribution in [2.45, 2.75) is 25.7 Å². The van der Waals surface area contributed by atoms with Crippen molar-refractivity contribution in [3.8, 4) is 5.75 Å². The molecule has 0 saturated carbocycles. The zero-order valence-electron chi connectivity index (χ0n) is 14.0. The summed E-state index contributed by atoms with van der Waals surface area (Å²) in [5, 5.41) is 3.17. The lowest BCUT2D eigenvalue weighted by molar-refractivity contribution is 0.0601. The van der Waals surface area contributed by atoms with Crippen LogP contribution in [-0.2, 0) is 17.6 Å². The summed E-state index contributed by atoms with van der Waals surface area (Å²) in [6, 6.07) is 3.73. The van der Waals surface area contributed by atoms with E-state index in [0.29, 0.717) is 10.6 Å². The van der Waals surface area contributed by atoms with E-state index in [2.05, 4.69) is 5.32 Å². The molecular formula is C18H18FNO4S. The molecule has 0 radical (unpaired) electrons. The number of hydrogen-bond donors (Lipinski definition) is 1. The SMILES string of the molecule is COC(=O)c1c(NC(=O)c2cc(F)ccc2OC)sc2c1CCCC2. The Kier molecular flexibility index (Phi) is 5.03. The maximum absolute atomic E-state index is 13.5. The van der Waals surface area contributed by atoms with Crippen LogP contribution in [0, 0.1) is 5.82 Å². The van der Waals surface area contributed by atoms with E-state index in [1.807, 2.05) is 0 Å². The first-order valence-electron chi connectivity index (χ1n) is 7.93. The van der Waals surface area contributed by atoms with Gasteiger partial charge >= 0.3 is 5.97 Å². The Morgan fingerprint density at radius 3 is 2.68 bits per heavy atom. The van der Waals surface area contributed by atoms with Crippen LogP contribution in [0.2, 0.25) is 0 Å². The van der Waals surface area contributed by atoms with Gasteiger partial charge in [-0.05, 0) is 49.4 Å². The molecule has 0 saturated heterocycles. The van der Waals surface area contributed by atoms with Crippen molar-refractivity contribution in [2.75, 3.05) is 19.5 Å². The van der Waals surface area contributed by atoms with E-state index < -0.39 is 17.7 Å². The zero-order chi connectivity index (χ0) is 18.0. The second-order valence-corrected chi connectivity index (χ2v) is 6.81. The molecule has 1 aliphatic rings. The van der Waals surface area contributed by atoms with Gasteiger partial charge in [-0.25, -0.2) is 9.18 Å². The number of rotatable bonds is 4. The largest absolute Gasteiger partial charge is 0.496 e. The number of fused-ring (bicyclic) bond motifs is 1. The molecule has 0 aliphatic heterocycles. The summed E-state index contributed by atoms with van der Waals surface area (Å²) < 4.78 is 23.5. The molecule has 5 nitrogen and oxygen atoms in total. The number of carbonyl (C=O) groups excluding carboxylic acids is 2. The summed E-state index contributed by atoms with van der Waals surface area (Å²) in [4.78, 5) is 25.9. The van der Waals surface area contributed by atoms with Gasteiger partial charge in [-0.15, -0.1) is 11.3 Å². The molecule has 1 aromatic carbocycles. The van der Waals surface area contributed by atoms with Crippen LogP contribution in [0.3, 0.4) is 0 Å². The Morgan fingerprint density at radius 1 is 1.20 bits per heavy atom. The quantitative estimate of drug-likeness (QED) is 0.839. The lowest BCUT2D eigenvalue weighted by atomic mass is 9.95. The third-order valence-electron chi connectivity index (χ3n) is 4.19. The highest BCUT2D eigenvalue weighted by molar-refractivity contribution is 7.17. The molecule has 0 unspecified atom stereocenters. The van der Waals surface area contributed by atoms with Crippen molar-refractivity contribution < 1.29 is 23.5 Å². The molecule has 2 aromatic rings. The molecule has 0 spiro atoms. The molecule has 1 aliphatic carbocycles. The first-order valence-corrected chi connectivity index (χ1v) is 8.74. The number of thiophene rings is 1. The van der Waals surface area contributed by atoms with Gasteiger partial charge in [0.25, 0.3) is 5.91 Å². The summed E-state index contributed by atoms with van der Waals surface area (Å²) in [6.45, 7) is 0. The maximum atomic E-state index is 13.5. The smallest absolute Gasteiger partial charge is 0.341 e. The maximum Gasteiger partial charge on any atom is 0.341 e. The van der Waals surface area contributed by atoms with Crippen LogP contribution in [0.15, 0.2) is 18.2 Å². The Bertz CT molecular complexity index is 831. The van der Waals surface area contributed by atoms with Crippen LogP contribution in [-0.4, -0.2) is 26.1 Å². The number of benzene rings is 1. The zero-order valence-corrected chi connectivity index (χ0v) is 14.8. The number of nitrogens with one attached hydrogen (secondary N) is 1. The van der Waals surface area contributed by atoms with Crippen LogP contribution in [0.4, 0.5) is 9.39 Å². The highest BCUT2D eigenvalue weighted by Crippen LogP contribution is 2.39. The van der Waals surface area contributed by atoms with E-state index in [9.17, 15) is 14.0 Å². The van der Waals surface area contributed by atoms with Gasteiger partial charge in [-0.3, -0.25) is 4.79 Å². The van der Waals surface area contributed by atoms with Gasteiger partial charge < -0.3 is 14.8 Å². The van der Waals surface area contributed by atoms with Gasteiger partial charge in [0.1, 0.15) is 16.6 Å². The van der Waals surface area contributed by atoms with Crippen molar-refractivity contribution in [2.24, 2.45) is 0 Å². The summed E-state index contributed by atoms with van der Waals surface area (Å²) in [5.74, 6) is -1.27. The molecule has 0 fully saturated rings. The van der Waals surface area contributed by atoms with E-state index in [4.69, 9.17) is 9.47 Å². The molecule has 0 atom stereocenters. The van der Waals surface area contributed by atoms with E-state index in [0.717, 1.165) is 42.2 Å². The average molecular weight is 363 g/mol. The molecule has 1 amide bonds. The van der Waals surface area contributed by atoms with Crippen molar-refractivity contribution in [3.63, 3.8) is 0 Å². The minimum Gasteiger partial charge on any atom is -0.496 e. The van der Waals surface area contributed by atoms with E-state index in [1.165, 1.54) is 37.7 Å². The average Bonchev–Trinajstić information content (AvgIpc) is 2.98. The normalized spacial score (nSPS) is 13.1. The molecule has 0 bridgehead atoms. The fourth-order valence-electron chi connectivity index (χ4n) is 3.00. The number of anilines is 1. The van der Waals surface area contributed by atoms with Crippen LogP contribution in [0.25, 0.3) is 0 Å². The molecule has 1 heterocycles. The molecule has 3 rings (SSSR count). The lowest BCUT2D eigenvalue weighted by Crippen LogP contribution is -2.16. The van der Waals surface area contributed by atoms with E-state index in [-0.39, 0.29) is 11.3 Å². The number of amides is 1. The van der Waals surface area contributed by atoms with Crippen LogP contribution >= 0.6 is 11.3 Å². The fourth-order valence-corrected chi connectivity index (χ4v) is 4.27. The van der Waals surface area contributed by atoms with Gasteiger partial charge in [0.15, 0.2) is 0 Å². The van der Waals surface area contributed by atoms with Crippen molar-refractivity contribution in [1.29, 1.82) is 0 Å². The molecular weight excluding hydrogens is 345 g/mol. The standard InChI is InChI=1S/C18H18FNO4S/c1-23-13-8-7-10(19)9-12(13)16(21)20-17-15(18(22)24-2)11-5-3-4-6-14(11)25-17/h7-9H,3-6H2,1-2H3,(H,20,21). The number of hydrogen-bond acceptors (Lipinski definition) is 5. The van der Waals surface area contributed by atoms with Crippen LogP contribution in [0.1, 0.15) is 44.0 Å². The third-order valence-corrected chi connectivity index (χ3v) is 5.40. The second-order valence-electron chi connectivity index (χ2n) is 5.71. The Hall–Kier alpha value is -2.41. The van der Waals surface area contributed by atoms with Crippen LogP contribution < -0.4 is 10.1 Å². The summed E-state index contributed by atoms with van der Waals surface area (Å²) in [5.41, 5.74) is 1.43. The topological polar surface area (TPSA) is 64.6 Å². The monoisotopic (exact) mass is 363 g/mol. The Balaban J connectivity index is 1.98. The number of carbonyl (C=O) groups is 2. The highest BCUT2D eigenvalue weighted by atomic mass is 32.1. The van der Waals surface area contributed by atoms with Gasteiger partial charge in [-0.1, -0.05) is 0 Å². The first kappa shape index (κ1) is 17.4. The van der Waals surface area contributed by atoms with Gasteiger partial charge in [-0.2, -0.15) is 0 Å². The summed E-state index contributed by atoms with van der Waals surface area (Å²) >= 11 is 1.38. The van der Waals surface area contributed by atoms with Gasteiger partial charge in [0.2, 0.25) is 0 Å². The second kappa shape index (κ2) is 7.23. The third kappa shape index (κ3) is 3.37. The van der Waals surface area contributed by atoms with Crippen molar-refractivity contribution in [1.82, 2.24) is 0 Å². The van der Waals surface area contributed by atoms with Crippen molar-refractivity contribution >= 4 is 28.2 Å². The van der Waals surface area contributed by atoms with E-state index >= 15 is 0 Å². The predicted molar refractivity (Wildman–Crippen MR) is 93.2 cm³/mol. The lowest BCUT2D eigenvalue weighted by Gasteiger charge is -2.12. The molecule has 1 N–H and O–H groups in total. The number of halogens is 1. The first-order chi connectivity index (χ1) is 12.0. The van der Waals surface area contributed by atoms with E-state index in [1.54, 1.807) is 0 Å². The summed E-state index contributed by atoms with van der Waals surface area (Å²) in [7, 11) is 2.73. The number of methoxy groups -OCH3 is 2. The molecule has 1 aromatic heterocycles. The van der Waals surface area contributed by atoms with Crippen molar-refractivity contribution in [3.05, 3.63) is 45.6 Å². The number of esters is 1. The number of aryl methyl sites for hydroxylation is 1. The fraction of sp³-hybridized carbons (Fsp3) is 0.333. The molecule has 132 valence electrons. The van der Waals surface area contributed by atoms with Gasteiger partial charge in [0, 0.05) is 4.88 Å². The highest BCUT2D eigenvalue weighted by Gasteiger charge is 2.27. The van der Waals surface area contributed by atoms with Crippen LogP contribution in [0.5, 0.6) is 5.75 Å². The Labute approximate surface area is 148 Å². The molecule has 25 heavy (non-hydrogen) atoms. The predicted octanol–water partition coefficient (Wildman–Crippen LogP) is 3.81. The number of ether oxygens (including phenoxy) is 2. The summed E-state index contributed by atoms with van der Waals surface area (Å²) in [6.07, 6.45) is 3.72. The van der Waals surface area contributed by atoms with Gasteiger partial charge in [0.05, 0.1) is 25.3 Å². The minimum atomic E-state index is -0.537. The Morgan fingerprint density at radius 2 is 1.96 bits per heavy atom.